The van der Waals surface area contributed by atoms with Gasteiger partial charge in [0.05, 0.1) is 0 Å². The van der Waals surface area contributed by atoms with Crippen LogP contribution in [0.25, 0.3) is 0 Å². The first kappa shape index (κ1) is 12.5. The van der Waals surface area contributed by atoms with E-state index in [4.69, 9.17) is 9.84 Å². The molecule has 1 fully saturated rings. The highest BCUT2D eigenvalue weighted by Gasteiger charge is 2.32. The first-order valence-corrected chi connectivity index (χ1v) is 5.75. The fourth-order valence-electron chi connectivity index (χ4n) is 2.50. The van der Waals surface area contributed by atoms with Crippen LogP contribution in [-0.4, -0.2) is 23.8 Å². The average Bonchev–Trinajstić information content (AvgIpc) is 2.16. The maximum atomic E-state index is 11.0. The van der Waals surface area contributed by atoms with Crippen molar-refractivity contribution in [2.75, 3.05) is 6.61 Å². The van der Waals surface area contributed by atoms with E-state index in [9.17, 15) is 4.79 Å². The van der Waals surface area contributed by atoms with Crippen molar-refractivity contribution in [3.05, 3.63) is 0 Å². The normalized spacial score (nSPS) is 27.1. The van der Waals surface area contributed by atoms with Crippen LogP contribution in [0.1, 0.15) is 46.5 Å². The Balaban J connectivity index is 2.45. The molecular weight excluding hydrogens is 192 g/mol. The third kappa shape index (κ3) is 3.82. The predicted octanol–water partition coefficient (Wildman–Crippen LogP) is 2.13. The molecule has 3 heteroatoms. The van der Waals surface area contributed by atoms with Crippen LogP contribution >= 0.6 is 0 Å². The summed E-state index contributed by atoms with van der Waals surface area (Å²) in [7, 11) is 0. The number of ether oxygens (including phenoxy) is 1. The molecular formula is C12H22O3. The first-order valence-electron chi connectivity index (χ1n) is 5.75. The van der Waals surface area contributed by atoms with E-state index in [1.165, 1.54) is 12.8 Å². The maximum absolute atomic E-state index is 11.0. The third-order valence-electron chi connectivity index (χ3n) is 3.35. The molecule has 15 heavy (non-hydrogen) atoms. The van der Waals surface area contributed by atoms with Gasteiger partial charge in [-0.25, -0.2) is 4.79 Å². The van der Waals surface area contributed by atoms with Crippen LogP contribution in [0.2, 0.25) is 0 Å². The Bertz CT molecular complexity index is 223. The van der Waals surface area contributed by atoms with Gasteiger partial charge in [0.2, 0.25) is 0 Å². The van der Waals surface area contributed by atoms with E-state index < -0.39 is 12.6 Å². The topological polar surface area (TPSA) is 46.5 Å². The first-order chi connectivity index (χ1) is 6.94. The van der Waals surface area contributed by atoms with Crippen LogP contribution in [0.15, 0.2) is 0 Å². The molecule has 0 aromatic carbocycles. The van der Waals surface area contributed by atoms with Crippen molar-refractivity contribution in [2.45, 2.75) is 52.6 Å². The molecule has 0 amide bonds. The SMILES string of the molecule is C[C@H](OC(=O)CO)C1CCCC(C)(C)C1. The van der Waals surface area contributed by atoms with E-state index in [1.807, 2.05) is 6.92 Å². The van der Waals surface area contributed by atoms with E-state index in [0.29, 0.717) is 11.3 Å². The van der Waals surface area contributed by atoms with Crippen molar-refractivity contribution in [2.24, 2.45) is 11.3 Å². The number of rotatable bonds is 3. The predicted molar refractivity (Wildman–Crippen MR) is 58.4 cm³/mol. The van der Waals surface area contributed by atoms with Gasteiger partial charge in [0.15, 0.2) is 0 Å². The number of hydrogen-bond donors (Lipinski definition) is 1. The van der Waals surface area contributed by atoms with E-state index in [-0.39, 0.29) is 6.10 Å². The van der Waals surface area contributed by atoms with Crippen LogP contribution in [0.3, 0.4) is 0 Å². The minimum atomic E-state index is -0.513. The van der Waals surface area contributed by atoms with Gasteiger partial charge >= 0.3 is 5.97 Å². The van der Waals surface area contributed by atoms with Crippen molar-refractivity contribution in [1.29, 1.82) is 0 Å². The standard InChI is InChI=1S/C12H22O3/c1-9(15-11(14)8-13)10-5-4-6-12(2,3)7-10/h9-10,13H,4-8H2,1-3H3/t9-,10?/m0/s1. The summed E-state index contributed by atoms with van der Waals surface area (Å²) in [5.41, 5.74) is 0.364. The molecule has 1 unspecified atom stereocenters. The molecule has 88 valence electrons. The van der Waals surface area contributed by atoms with Crippen LogP contribution < -0.4 is 0 Å². The second-order valence-electron chi connectivity index (χ2n) is 5.37. The fourth-order valence-corrected chi connectivity index (χ4v) is 2.50. The van der Waals surface area contributed by atoms with E-state index in [0.717, 1.165) is 12.8 Å². The van der Waals surface area contributed by atoms with Gasteiger partial charge in [-0.1, -0.05) is 20.3 Å². The van der Waals surface area contributed by atoms with Crippen molar-refractivity contribution < 1.29 is 14.6 Å². The maximum Gasteiger partial charge on any atom is 0.332 e. The van der Waals surface area contributed by atoms with Gasteiger partial charge < -0.3 is 9.84 Å². The average molecular weight is 214 g/mol. The Morgan fingerprint density at radius 3 is 2.80 bits per heavy atom. The number of aliphatic hydroxyl groups is 1. The van der Waals surface area contributed by atoms with Gasteiger partial charge in [-0.2, -0.15) is 0 Å². The Morgan fingerprint density at radius 2 is 2.27 bits per heavy atom. The van der Waals surface area contributed by atoms with Gasteiger partial charge in [0.25, 0.3) is 0 Å². The van der Waals surface area contributed by atoms with Gasteiger partial charge in [0, 0.05) is 0 Å². The second-order valence-corrected chi connectivity index (χ2v) is 5.37. The Kier molecular flexibility index (Phi) is 4.14. The van der Waals surface area contributed by atoms with Crippen molar-refractivity contribution in [3.63, 3.8) is 0 Å². The van der Waals surface area contributed by atoms with Crippen LogP contribution in [0.5, 0.6) is 0 Å². The van der Waals surface area contributed by atoms with Gasteiger partial charge in [0.1, 0.15) is 12.7 Å². The molecule has 0 bridgehead atoms. The Hall–Kier alpha value is -0.570. The highest BCUT2D eigenvalue weighted by Crippen LogP contribution is 2.40. The third-order valence-corrected chi connectivity index (χ3v) is 3.35. The number of aliphatic hydroxyl groups excluding tert-OH is 1. The lowest BCUT2D eigenvalue weighted by atomic mass is 9.71. The Labute approximate surface area is 91.8 Å². The summed E-state index contributed by atoms with van der Waals surface area (Å²) >= 11 is 0. The van der Waals surface area contributed by atoms with E-state index >= 15 is 0 Å². The van der Waals surface area contributed by atoms with Crippen LogP contribution in [0.4, 0.5) is 0 Å². The summed E-state index contributed by atoms with van der Waals surface area (Å²) < 4.78 is 5.14. The molecule has 3 nitrogen and oxygen atoms in total. The molecule has 1 N–H and O–H groups in total. The molecule has 0 aliphatic heterocycles. The van der Waals surface area contributed by atoms with Crippen molar-refractivity contribution in [1.82, 2.24) is 0 Å². The zero-order chi connectivity index (χ0) is 11.5. The molecule has 0 radical (unpaired) electrons. The summed E-state index contributed by atoms with van der Waals surface area (Å²) in [6.45, 7) is 5.94. The summed E-state index contributed by atoms with van der Waals surface area (Å²) in [6.07, 6.45) is 4.63. The zero-order valence-corrected chi connectivity index (χ0v) is 9.95. The summed E-state index contributed by atoms with van der Waals surface area (Å²) in [5.74, 6) is -0.0601. The number of carbonyl (C=O) groups excluding carboxylic acids is 1. The molecule has 0 spiro atoms. The van der Waals surface area contributed by atoms with Crippen molar-refractivity contribution >= 4 is 5.97 Å². The molecule has 0 heterocycles. The molecule has 0 aromatic rings. The smallest absolute Gasteiger partial charge is 0.332 e. The molecule has 1 saturated carbocycles. The highest BCUT2D eigenvalue weighted by atomic mass is 16.6. The fraction of sp³-hybridized carbons (Fsp3) is 0.917. The van der Waals surface area contributed by atoms with Crippen molar-refractivity contribution in [3.8, 4) is 0 Å². The molecule has 2 atom stereocenters. The number of hydrogen-bond acceptors (Lipinski definition) is 3. The lowest BCUT2D eigenvalue weighted by Gasteiger charge is -2.37. The van der Waals surface area contributed by atoms with Gasteiger partial charge in [-0.15, -0.1) is 0 Å². The second kappa shape index (κ2) is 4.97. The summed E-state index contributed by atoms with van der Waals surface area (Å²) in [6, 6.07) is 0. The number of esters is 1. The molecule has 1 aliphatic rings. The Morgan fingerprint density at radius 1 is 1.60 bits per heavy atom. The van der Waals surface area contributed by atoms with Crippen LogP contribution in [0, 0.1) is 11.3 Å². The zero-order valence-electron chi connectivity index (χ0n) is 9.95. The van der Waals surface area contributed by atoms with E-state index in [1.54, 1.807) is 0 Å². The minimum absolute atomic E-state index is 0.0655. The van der Waals surface area contributed by atoms with Crippen LogP contribution in [-0.2, 0) is 9.53 Å². The molecule has 0 aromatic heterocycles. The lowest BCUT2D eigenvalue weighted by molar-refractivity contribution is -0.155. The minimum Gasteiger partial charge on any atom is -0.461 e. The molecule has 1 rings (SSSR count). The highest BCUT2D eigenvalue weighted by molar-refractivity contribution is 5.70. The summed E-state index contributed by atoms with van der Waals surface area (Å²) in [4.78, 5) is 11.0. The number of carbonyl (C=O) groups is 1. The molecule has 1 aliphatic carbocycles. The van der Waals surface area contributed by atoms with Gasteiger partial charge in [-0.05, 0) is 37.5 Å². The molecule has 0 saturated heterocycles. The van der Waals surface area contributed by atoms with Gasteiger partial charge in [-0.3, -0.25) is 0 Å². The largest absolute Gasteiger partial charge is 0.461 e. The lowest BCUT2D eigenvalue weighted by Crippen LogP contribution is -2.32. The monoisotopic (exact) mass is 214 g/mol. The van der Waals surface area contributed by atoms with E-state index in [2.05, 4.69) is 13.8 Å². The quantitative estimate of drug-likeness (QED) is 0.732. The summed E-state index contributed by atoms with van der Waals surface area (Å²) in [5, 5.41) is 8.61.